The van der Waals surface area contributed by atoms with E-state index in [9.17, 15) is 15.3 Å². The monoisotopic (exact) mass is 612 g/mol. The Labute approximate surface area is 264 Å². The van der Waals surface area contributed by atoms with Gasteiger partial charge in [-0.2, -0.15) is 10.5 Å². The van der Waals surface area contributed by atoms with Gasteiger partial charge in [-0.25, -0.2) is 9.37 Å². The van der Waals surface area contributed by atoms with Gasteiger partial charge in [-0.15, -0.1) is 0 Å². The molecular formula is C34H41FN8O2. The second-order valence-electron chi connectivity index (χ2n) is 12.6. The largest absolute Gasteiger partial charge is 0.475 e. The minimum Gasteiger partial charge on any atom is -0.475 e. The number of aromatic nitrogens is 1. The molecule has 4 aliphatic rings. The topological polar surface area (TPSA) is 103 Å². The van der Waals surface area contributed by atoms with Crippen molar-refractivity contribution in [2.24, 2.45) is 0 Å². The molecule has 1 aromatic carbocycles. The first-order valence-corrected chi connectivity index (χ1v) is 16.0. The Bertz CT molecular complexity index is 1560. The number of nitrogens with zero attached hydrogens (tertiary/aromatic N) is 8. The van der Waals surface area contributed by atoms with Crippen LogP contribution in [0.25, 0.3) is 0 Å². The van der Waals surface area contributed by atoms with Gasteiger partial charge in [0.25, 0.3) is 0 Å². The second-order valence-corrected chi connectivity index (χ2v) is 12.6. The fourth-order valence-corrected chi connectivity index (χ4v) is 7.53. The Morgan fingerprint density at radius 1 is 1.07 bits per heavy atom. The number of nitriles is 2. The zero-order valence-corrected chi connectivity index (χ0v) is 26.3. The van der Waals surface area contributed by atoms with Crippen LogP contribution < -0.4 is 19.4 Å². The minimum absolute atomic E-state index is 0.169. The number of anilines is 3. The Balaban J connectivity index is 1.40. The van der Waals surface area contributed by atoms with Gasteiger partial charge >= 0.3 is 0 Å². The lowest BCUT2D eigenvalue weighted by atomic mass is 9.95. The summed E-state index contributed by atoms with van der Waals surface area (Å²) in [5, 5.41) is 20.1. The van der Waals surface area contributed by atoms with E-state index in [1.54, 1.807) is 11.0 Å². The molecule has 0 aliphatic carbocycles. The molecule has 45 heavy (non-hydrogen) atoms. The summed E-state index contributed by atoms with van der Waals surface area (Å²) in [6.45, 7) is 8.19. The molecule has 0 N–H and O–H groups in total. The number of rotatable bonds is 7. The molecule has 2 saturated heterocycles. The molecule has 0 unspecified atom stereocenters. The number of aryl methyl sites for hydroxylation is 1. The summed E-state index contributed by atoms with van der Waals surface area (Å²) in [7, 11) is 4.11. The molecule has 0 bridgehead atoms. The Hall–Kier alpha value is -4.35. The summed E-state index contributed by atoms with van der Waals surface area (Å²) in [6, 6.07) is 8.00. The van der Waals surface area contributed by atoms with Gasteiger partial charge in [0.15, 0.2) is 0 Å². The SMILES string of the molecule is C=CC(=O)N1CCN(c2c(C#N)c(OC[C@@H]3CCCN3C)nc3c2CCN(c2c(F)ccc4c2N(C)CCC4)C3)C[C@@H]1CC#N. The maximum Gasteiger partial charge on any atom is 0.246 e. The first-order valence-electron chi connectivity index (χ1n) is 16.0. The van der Waals surface area contributed by atoms with Gasteiger partial charge in [-0.1, -0.05) is 12.6 Å². The van der Waals surface area contributed by atoms with Gasteiger partial charge in [0.1, 0.15) is 24.1 Å². The molecule has 1 aromatic heterocycles. The zero-order chi connectivity index (χ0) is 31.7. The number of carbonyl (C=O) groups is 1. The number of hydrogen-bond acceptors (Lipinski definition) is 9. The fraction of sp³-hybridized carbons (Fsp3) is 0.529. The summed E-state index contributed by atoms with van der Waals surface area (Å²) >= 11 is 0. The average Bonchev–Trinajstić information content (AvgIpc) is 3.47. The normalized spacial score (nSPS) is 21.5. The summed E-state index contributed by atoms with van der Waals surface area (Å²) in [6.07, 6.45) is 6.10. The number of fused-ring (bicyclic) bond motifs is 2. The van der Waals surface area contributed by atoms with Crippen molar-refractivity contribution in [1.82, 2.24) is 14.8 Å². The van der Waals surface area contributed by atoms with E-state index >= 15 is 4.39 Å². The molecule has 4 aliphatic heterocycles. The molecular weight excluding hydrogens is 571 g/mol. The number of halogens is 1. The van der Waals surface area contributed by atoms with E-state index in [0.717, 1.165) is 67.0 Å². The molecule has 236 valence electrons. The third-order valence-corrected chi connectivity index (χ3v) is 9.90. The maximum absolute atomic E-state index is 15.6. The van der Waals surface area contributed by atoms with Crippen LogP contribution in [0.2, 0.25) is 0 Å². The summed E-state index contributed by atoms with van der Waals surface area (Å²) in [4.78, 5) is 27.9. The average molecular weight is 613 g/mol. The highest BCUT2D eigenvalue weighted by Gasteiger charge is 2.36. The Morgan fingerprint density at radius 3 is 2.64 bits per heavy atom. The first-order chi connectivity index (χ1) is 21.8. The lowest BCUT2D eigenvalue weighted by molar-refractivity contribution is -0.128. The highest BCUT2D eigenvalue weighted by Crippen LogP contribution is 2.43. The molecule has 11 heteroatoms. The van der Waals surface area contributed by atoms with E-state index in [4.69, 9.17) is 9.72 Å². The van der Waals surface area contributed by atoms with Crippen LogP contribution in [-0.2, 0) is 24.2 Å². The third kappa shape index (κ3) is 5.78. The minimum atomic E-state index is -0.346. The molecule has 2 fully saturated rings. The first kappa shape index (κ1) is 30.7. The number of likely N-dealkylation sites (tertiary alicyclic amines) is 1. The lowest BCUT2D eigenvalue weighted by Gasteiger charge is -2.43. The van der Waals surface area contributed by atoms with Crippen molar-refractivity contribution in [1.29, 1.82) is 10.5 Å². The number of amides is 1. The van der Waals surface area contributed by atoms with E-state index in [2.05, 4.69) is 45.4 Å². The van der Waals surface area contributed by atoms with Gasteiger partial charge < -0.3 is 29.2 Å². The number of likely N-dealkylation sites (N-methyl/N-ethyl adjacent to an activating group) is 1. The molecule has 0 radical (unpaired) electrons. The van der Waals surface area contributed by atoms with E-state index in [-0.39, 0.29) is 30.2 Å². The maximum atomic E-state index is 15.6. The summed E-state index contributed by atoms with van der Waals surface area (Å²) < 4.78 is 22.0. The van der Waals surface area contributed by atoms with E-state index in [1.165, 1.54) is 6.08 Å². The predicted molar refractivity (Wildman–Crippen MR) is 171 cm³/mol. The number of pyridine rings is 1. The number of hydrogen-bond donors (Lipinski definition) is 0. The summed E-state index contributed by atoms with van der Waals surface area (Å²) in [5.41, 5.74) is 5.56. The van der Waals surface area contributed by atoms with Gasteiger partial charge in [-0.3, -0.25) is 4.79 Å². The third-order valence-electron chi connectivity index (χ3n) is 9.90. The van der Waals surface area contributed by atoms with Crippen LogP contribution in [-0.4, -0.2) is 92.7 Å². The van der Waals surface area contributed by atoms with Crippen molar-refractivity contribution >= 4 is 23.0 Å². The fourth-order valence-electron chi connectivity index (χ4n) is 7.53. The van der Waals surface area contributed by atoms with Crippen LogP contribution in [0.15, 0.2) is 24.8 Å². The second kappa shape index (κ2) is 12.9. The zero-order valence-electron chi connectivity index (χ0n) is 26.3. The van der Waals surface area contributed by atoms with Gasteiger partial charge in [0, 0.05) is 51.4 Å². The number of carbonyl (C=O) groups excluding carboxylic acids is 1. The molecule has 6 rings (SSSR count). The van der Waals surface area contributed by atoms with Gasteiger partial charge in [0.2, 0.25) is 11.8 Å². The van der Waals surface area contributed by atoms with Crippen molar-refractivity contribution in [3.05, 3.63) is 53.0 Å². The standard InChI is InChI=1S/C34H41FN8O2/c1-4-30(44)43-18-17-42(20-24(43)11-13-36)32-26-12-16-41(33-28(35)10-9-23-7-5-15-40(3)31(23)33)21-29(26)38-34(27(32)19-37)45-22-25-8-6-14-39(25)2/h4,9-10,24-25H,1,5-8,11-12,14-18,20-22H2,2-3H3/t24-,25-/m0/s1. The Kier molecular flexibility index (Phi) is 8.82. The Morgan fingerprint density at radius 2 is 1.91 bits per heavy atom. The van der Waals surface area contributed by atoms with Crippen molar-refractivity contribution in [2.75, 3.05) is 74.7 Å². The molecule has 2 atom stereocenters. The van der Waals surface area contributed by atoms with Gasteiger partial charge in [0.05, 0.1) is 47.8 Å². The van der Waals surface area contributed by atoms with Crippen molar-refractivity contribution < 1.29 is 13.9 Å². The highest BCUT2D eigenvalue weighted by molar-refractivity contribution is 5.87. The smallest absolute Gasteiger partial charge is 0.246 e. The van der Waals surface area contributed by atoms with E-state index in [1.807, 2.05) is 13.1 Å². The molecule has 1 amide bonds. The molecule has 5 heterocycles. The van der Waals surface area contributed by atoms with Crippen molar-refractivity contribution in [3.63, 3.8) is 0 Å². The van der Waals surface area contributed by atoms with Crippen LogP contribution in [0, 0.1) is 28.5 Å². The van der Waals surface area contributed by atoms with Crippen LogP contribution in [0.3, 0.4) is 0 Å². The lowest BCUT2D eigenvalue weighted by Crippen LogP contribution is -2.55. The van der Waals surface area contributed by atoms with Gasteiger partial charge in [-0.05, 0) is 63.4 Å². The molecule has 0 spiro atoms. The number of benzene rings is 1. The van der Waals surface area contributed by atoms with E-state index < -0.39 is 0 Å². The number of ether oxygens (including phenoxy) is 1. The molecule has 10 nitrogen and oxygen atoms in total. The van der Waals surface area contributed by atoms with E-state index in [0.29, 0.717) is 62.9 Å². The van der Waals surface area contributed by atoms with Crippen LogP contribution >= 0.6 is 0 Å². The van der Waals surface area contributed by atoms with Crippen LogP contribution in [0.1, 0.15) is 48.1 Å². The highest BCUT2D eigenvalue weighted by atomic mass is 19.1. The van der Waals surface area contributed by atoms with Crippen molar-refractivity contribution in [2.45, 2.75) is 57.2 Å². The summed E-state index contributed by atoms with van der Waals surface area (Å²) in [5.74, 6) is -0.156. The predicted octanol–water partition coefficient (Wildman–Crippen LogP) is 3.63. The van der Waals surface area contributed by atoms with Crippen LogP contribution in [0.4, 0.5) is 21.5 Å². The number of piperazine rings is 1. The molecule has 0 saturated carbocycles. The van der Waals surface area contributed by atoms with Crippen molar-refractivity contribution in [3.8, 4) is 18.0 Å². The molecule has 2 aromatic rings. The quantitative estimate of drug-likeness (QED) is 0.434. The van der Waals surface area contributed by atoms with Crippen LogP contribution in [0.5, 0.6) is 5.88 Å².